The molecule has 0 aromatic carbocycles. The maximum absolute atomic E-state index is 11.7. The first-order valence-corrected chi connectivity index (χ1v) is 6.64. The first-order valence-electron chi connectivity index (χ1n) is 6.64. The summed E-state index contributed by atoms with van der Waals surface area (Å²) in [6.07, 6.45) is 5.04. The number of nitrogens with zero attached hydrogens (tertiary/aromatic N) is 3. The van der Waals surface area contributed by atoms with Crippen molar-refractivity contribution < 1.29 is 9.53 Å². The Morgan fingerprint density at radius 3 is 2.62 bits per heavy atom. The summed E-state index contributed by atoms with van der Waals surface area (Å²) in [4.78, 5) is 22.0. The molecule has 2 aromatic rings. The van der Waals surface area contributed by atoms with E-state index in [4.69, 9.17) is 10.5 Å². The summed E-state index contributed by atoms with van der Waals surface area (Å²) in [6, 6.07) is 5.43. The molecule has 0 aliphatic carbocycles. The number of aromatic nitrogens is 2. The molecule has 2 rings (SSSR count). The largest absolute Gasteiger partial charge is 0.465 e. The Kier molecular flexibility index (Phi) is 4.71. The zero-order valence-corrected chi connectivity index (χ0v) is 12.1. The van der Waals surface area contributed by atoms with Crippen LogP contribution in [0, 0.1) is 0 Å². The summed E-state index contributed by atoms with van der Waals surface area (Å²) in [5.74, 6) is 0.119. The maximum atomic E-state index is 11.7. The molecular weight excluding hydrogens is 268 g/mol. The third kappa shape index (κ3) is 3.28. The van der Waals surface area contributed by atoms with Gasteiger partial charge in [0, 0.05) is 31.7 Å². The molecule has 0 bridgehead atoms. The van der Waals surface area contributed by atoms with Crippen LogP contribution >= 0.6 is 0 Å². The van der Waals surface area contributed by atoms with Crippen molar-refractivity contribution in [1.82, 2.24) is 9.97 Å². The molecule has 0 fully saturated rings. The van der Waals surface area contributed by atoms with E-state index in [1.165, 1.54) is 7.11 Å². The molecule has 0 saturated heterocycles. The number of esters is 1. The van der Waals surface area contributed by atoms with Gasteiger partial charge >= 0.3 is 5.97 Å². The van der Waals surface area contributed by atoms with E-state index in [9.17, 15) is 4.79 Å². The molecule has 2 N–H and O–H groups in total. The quantitative estimate of drug-likeness (QED) is 0.845. The van der Waals surface area contributed by atoms with Crippen molar-refractivity contribution in [2.45, 2.75) is 13.5 Å². The third-order valence-corrected chi connectivity index (χ3v) is 3.18. The third-order valence-electron chi connectivity index (χ3n) is 3.18. The van der Waals surface area contributed by atoms with Crippen molar-refractivity contribution in [2.75, 3.05) is 24.3 Å². The highest BCUT2D eigenvalue weighted by atomic mass is 16.5. The highest BCUT2D eigenvalue weighted by molar-refractivity contribution is 5.97. The molecule has 2 aromatic heterocycles. The predicted octanol–water partition coefficient (Wildman–Crippen LogP) is 1.87. The van der Waals surface area contributed by atoms with E-state index >= 15 is 0 Å². The Hall–Kier alpha value is -2.63. The minimum Gasteiger partial charge on any atom is -0.465 e. The topological polar surface area (TPSA) is 81.3 Å². The second-order valence-electron chi connectivity index (χ2n) is 4.46. The maximum Gasteiger partial charge on any atom is 0.340 e. The molecule has 0 aliphatic rings. The van der Waals surface area contributed by atoms with E-state index in [0.717, 1.165) is 5.56 Å². The standard InChI is InChI=1S/C15H18N4O2/c1-3-19(10-11-4-7-17-8-5-11)14-13(16)12(6-9-18-14)15(20)21-2/h4-9H,3,10,16H2,1-2H3. The van der Waals surface area contributed by atoms with Crippen molar-refractivity contribution in [3.63, 3.8) is 0 Å². The first-order chi connectivity index (χ1) is 10.2. The molecule has 0 aliphatic heterocycles. The number of nitrogen functional groups attached to an aromatic ring is 1. The van der Waals surface area contributed by atoms with Crippen LogP contribution in [0.1, 0.15) is 22.8 Å². The van der Waals surface area contributed by atoms with Gasteiger partial charge in [0.05, 0.1) is 18.4 Å². The zero-order chi connectivity index (χ0) is 15.2. The number of pyridine rings is 2. The number of ether oxygens (including phenoxy) is 1. The number of methoxy groups -OCH3 is 1. The SMILES string of the molecule is CCN(Cc1ccncc1)c1nccc(C(=O)OC)c1N. The molecule has 6 nitrogen and oxygen atoms in total. The van der Waals surface area contributed by atoms with Crippen molar-refractivity contribution in [1.29, 1.82) is 0 Å². The fourth-order valence-electron chi connectivity index (χ4n) is 2.05. The lowest BCUT2D eigenvalue weighted by Crippen LogP contribution is -2.25. The monoisotopic (exact) mass is 286 g/mol. The Morgan fingerprint density at radius 2 is 2.00 bits per heavy atom. The van der Waals surface area contributed by atoms with E-state index in [0.29, 0.717) is 30.2 Å². The van der Waals surface area contributed by atoms with Gasteiger partial charge in [0.1, 0.15) is 0 Å². The summed E-state index contributed by atoms with van der Waals surface area (Å²) in [5.41, 5.74) is 7.83. The lowest BCUT2D eigenvalue weighted by molar-refractivity contribution is 0.0602. The predicted molar refractivity (Wildman–Crippen MR) is 80.9 cm³/mol. The molecule has 0 unspecified atom stereocenters. The number of carbonyl (C=O) groups is 1. The summed E-state index contributed by atoms with van der Waals surface area (Å²) >= 11 is 0. The van der Waals surface area contributed by atoms with Gasteiger partial charge in [0.25, 0.3) is 0 Å². The van der Waals surface area contributed by atoms with E-state index in [1.54, 1.807) is 24.7 Å². The molecule has 110 valence electrons. The lowest BCUT2D eigenvalue weighted by atomic mass is 10.2. The lowest BCUT2D eigenvalue weighted by Gasteiger charge is -2.24. The van der Waals surface area contributed by atoms with Crippen LogP contribution in [-0.2, 0) is 11.3 Å². The number of hydrogen-bond acceptors (Lipinski definition) is 6. The van der Waals surface area contributed by atoms with Crippen LogP contribution in [0.2, 0.25) is 0 Å². The van der Waals surface area contributed by atoms with Gasteiger partial charge in [-0.1, -0.05) is 0 Å². The van der Waals surface area contributed by atoms with E-state index in [-0.39, 0.29) is 0 Å². The van der Waals surface area contributed by atoms with E-state index in [1.807, 2.05) is 24.0 Å². The van der Waals surface area contributed by atoms with Gasteiger partial charge in [0.2, 0.25) is 0 Å². The van der Waals surface area contributed by atoms with Crippen molar-refractivity contribution >= 4 is 17.5 Å². The van der Waals surface area contributed by atoms with Crippen LogP contribution in [-0.4, -0.2) is 29.6 Å². The van der Waals surface area contributed by atoms with Crippen LogP contribution in [0.4, 0.5) is 11.5 Å². The van der Waals surface area contributed by atoms with Crippen molar-refractivity contribution in [2.24, 2.45) is 0 Å². The Morgan fingerprint density at radius 1 is 1.29 bits per heavy atom. The Balaban J connectivity index is 2.32. The molecule has 2 heterocycles. The summed E-state index contributed by atoms with van der Waals surface area (Å²) in [7, 11) is 1.33. The van der Waals surface area contributed by atoms with Crippen LogP contribution < -0.4 is 10.6 Å². The fraction of sp³-hybridized carbons (Fsp3) is 0.267. The van der Waals surface area contributed by atoms with E-state index in [2.05, 4.69) is 9.97 Å². The van der Waals surface area contributed by atoms with Crippen LogP contribution in [0.25, 0.3) is 0 Å². The van der Waals surface area contributed by atoms with E-state index < -0.39 is 5.97 Å². The van der Waals surface area contributed by atoms with Gasteiger partial charge in [-0.2, -0.15) is 0 Å². The molecule has 0 radical (unpaired) electrons. The van der Waals surface area contributed by atoms with Gasteiger partial charge < -0.3 is 15.4 Å². The van der Waals surface area contributed by atoms with Crippen LogP contribution in [0.15, 0.2) is 36.8 Å². The van der Waals surface area contributed by atoms with Gasteiger partial charge in [0.15, 0.2) is 5.82 Å². The molecular formula is C15H18N4O2. The number of rotatable bonds is 5. The molecule has 0 spiro atoms. The zero-order valence-electron chi connectivity index (χ0n) is 12.1. The second kappa shape index (κ2) is 6.69. The first kappa shape index (κ1) is 14.8. The summed E-state index contributed by atoms with van der Waals surface area (Å²) in [6.45, 7) is 3.36. The highest BCUT2D eigenvalue weighted by Gasteiger charge is 2.17. The van der Waals surface area contributed by atoms with Crippen LogP contribution in [0.3, 0.4) is 0 Å². The number of nitrogens with two attached hydrogens (primary N) is 1. The van der Waals surface area contributed by atoms with Gasteiger partial charge in [-0.3, -0.25) is 4.98 Å². The average molecular weight is 286 g/mol. The molecule has 0 saturated carbocycles. The fourth-order valence-corrected chi connectivity index (χ4v) is 2.05. The average Bonchev–Trinajstić information content (AvgIpc) is 2.53. The molecule has 0 amide bonds. The van der Waals surface area contributed by atoms with Gasteiger partial charge in [-0.25, -0.2) is 9.78 Å². The van der Waals surface area contributed by atoms with Gasteiger partial charge in [-0.05, 0) is 30.7 Å². The molecule has 21 heavy (non-hydrogen) atoms. The minimum absolute atomic E-state index is 0.329. The smallest absolute Gasteiger partial charge is 0.340 e. The van der Waals surface area contributed by atoms with Crippen molar-refractivity contribution in [3.05, 3.63) is 47.9 Å². The number of hydrogen-bond donors (Lipinski definition) is 1. The normalized spacial score (nSPS) is 10.2. The molecule has 0 atom stereocenters. The summed E-state index contributed by atoms with van der Waals surface area (Å²) < 4.78 is 4.73. The number of anilines is 2. The van der Waals surface area contributed by atoms with Crippen molar-refractivity contribution in [3.8, 4) is 0 Å². The second-order valence-corrected chi connectivity index (χ2v) is 4.46. The summed E-state index contributed by atoms with van der Waals surface area (Å²) in [5, 5.41) is 0. The van der Waals surface area contributed by atoms with Crippen LogP contribution in [0.5, 0.6) is 0 Å². The minimum atomic E-state index is -0.462. The van der Waals surface area contributed by atoms with Gasteiger partial charge in [-0.15, -0.1) is 0 Å². The number of carbonyl (C=O) groups excluding carboxylic acids is 1. The Labute approximate surface area is 123 Å². The Bertz CT molecular complexity index is 616. The highest BCUT2D eigenvalue weighted by Crippen LogP contribution is 2.25. The molecule has 6 heteroatoms.